The number of anilines is 3. The van der Waals surface area contributed by atoms with Gasteiger partial charge in [-0.25, -0.2) is 0 Å². The molecular formula is C28H28N4. The van der Waals surface area contributed by atoms with Crippen LogP contribution in [0.5, 0.6) is 0 Å². The summed E-state index contributed by atoms with van der Waals surface area (Å²) in [6.07, 6.45) is 7.99. The average molecular weight is 421 g/mol. The highest BCUT2D eigenvalue weighted by Gasteiger charge is 2.23. The average Bonchev–Trinajstić information content (AvgIpc) is 3.42. The lowest BCUT2D eigenvalue weighted by Gasteiger charge is -2.24. The molecule has 0 fully saturated rings. The SMILES string of the molecule is C=C/C=C(\c1ccccc1N)N1CCc2cc(NCCc3c[nH]c4ccccc34)ccc21. The molecule has 0 spiro atoms. The van der Waals surface area contributed by atoms with E-state index < -0.39 is 0 Å². The first-order valence-corrected chi connectivity index (χ1v) is 11.1. The lowest BCUT2D eigenvalue weighted by atomic mass is 10.1. The second kappa shape index (κ2) is 8.67. The number of hydrogen-bond acceptors (Lipinski definition) is 3. The van der Waals surface area contributed by atoms with Gasteiger partial charge in [-0.1, -0.05) is 49.1 Å². The Balaban J connectivity index is 1.31. The van der Waals surface area contributed by atoms with Crippen molar-refractivity contribution < 1.29 is 0 Å². The number of H-pyrrole nitrogens is 1. The van der Waals surface area contributed by atoms with Gasteiger partial charge in [0.15, 0.2) is 0 Å². The summed E-state index contributed by atoms with van der Waals surface area (Å²) >= 11 is 0. The van der Waals surface area contributed by atoms with Crippen LogP contribution >= 0.6 is 0 Å². The molecule has 0 amide bonds. The largest absolute Gasteiger partial charge is 0.398 e. The molecule has 0 aliphatic carbocycles. The molecule has 160 valence electrons. The monoisotopic (exact) mass is 420 g/mol. The van der Waals surface area contributed by atoms with Gasteiger partial charge in [-0.2, -0.15) is 0 Å². The van der Waals surface area contributed by atoms with Gasteiger partial charge in [0.25, 0.3) is 0 Å². The first-order chi connectivity index (χ1) is 15.7. The molecule has 2 heterocycles. The molecule has 0 unspecified atom stereocenters. The second-order valence-corrected chi connectivity index (χ2v) is 8.16. The van der Waals surface area contributed by atoms with E-state index in [1.165, 1.54) is 33.4 Å². The number of nitrogens with two attached hydrogens (primary N) is 1. The number of aromatic amines is 1. The Morgan fingerprint density at radius 1 is 1.09 bits per heavy atom. The van der Waals surface area contributed by atoms with Crippen molar-refractivity contribution >= 4 is 33.7 Å². The van der Waals surface area contributed by atoms with E-state index in [0.29, 0.717) is 0 Å². The Hall–Kier alpha value is -3.92. The van der Waals surface area contributed by atoms with Gasteiger partial charge < -0.3 is 20.9 Å². The third kappa shape index (κ3) is 3.76. The molecule has 4 N–H and O–H groups in total. The molecule has 5 rings (SSSR count). The third-order valence-corrected chi connectivity index (χ3v) is 6.18. The van der Waals surface area contributed by atoms with Gasteiger partial charge in [0.05, 0.1) is 5.70 Å². The number of nitrogen functional groups attached to an aromatic ring is 1. The molecule has 0 saturated carbocycles. The summed E-state index contributed by atoms with van der Waals surface area (Å²) in [4.78, 5) is 5.71. The summed E-state index contributed by atoms with van der Waals surface area (Å²) in [5.41, 5.74) is 15.5. The molecule has 0 saturated heterocycles. The van der Waals surface area contributed by atoms with Gasteiger partial charge in [0.2, 0.25) is 0 Å². The van der Waals surface area contributed by atoms with Crippen molar-refractivity contribution in [3.8, 4) is 0 Å². The number of para-hydroxylation sites is 2. The molecule has 0 bridgehead atoms. The van der Waals surface area contributed by atoms with Crippen molar-refractivity contribution in [3.63, 3.8) is 0 Å². The molecule has 4 aromatic rings. The van der Waals surface area contributed by atoms with E-state index in [1.54, 1.807) is 0 Å². The van der Waals surface area contributed by atoms with Crippen LogP contribution in [0.4, 0.5) is 17.1 Å². The first kappa shape index (κ1) is 20.0. The fourth-order valence-corrected chi connectivity index (χ4v) is 4.61. The van der Waals surface area contributed by atoms with Crippen LogP contribution in [0.2, 0.25) is 0 Å². The Kier molecular flexibility index (Phi) is 5.42. The zero-order valence-electron chi connectivity index (χ0n) is 18.1. The van der Waals surface area contributed by atoms with Gasteiger partial charge in [0, 0.05) is 52.8 Å². The number of nitrogens with zero attached hydrogens (tertiary/aromatic N) is 1. The summed E-state index contributed by atoms with van der Waals surface area (Å²) in [6, 6.07) is 23.1. The maximum absolute atomic E-state index is 6.28. The minimum atomic E-state index is 0.782. The van der Waals surface area contributed by atoms with E-state index in [2.05, 4.69) is 76.5 Å². The van der Waals surface area contributed by atoms with Crippen LogP contribution in [-0.2, 0) is 12.8 Å². The van der Waals surface area contributed by atoms with E-state index in [4.69, 9.17) is 5.73 Å². The standard InChI is InChI=1S/C28H28N4/c1-2-7-28(24-9-3-5-10-25(24)29)32-17-15-20-18-22(12-13-27(20)32)30-16-14-21-19-31-26-11-6-4-8-23(21)26/h2-13,18-19,30-31H,1,14-17,29H2/b28-7+. The van der Waals surface area contributed by atoms with Gasteiger partial charge in [-0.05, 0) is 60.4 Å². The molecule has 0 radical (unpaired) electrons. The van der Waals surface area contributed by atoms with E-state index in [9.17, 15) is 0 Å². The van der Waals surface area contributed by atoms with Crippen LogP contribution in [0.15, 0.2) is 91.7 Å². The van der Waals surface area contributed by atoms with Crippen molar-refractivity contribution in [2.75, 3.05) is 29.0 Å². The lowest BCUT2D eigenvalue weighted by molar-refractivity contribution is 1.00. The summed E-state index contributed by atoms with van der Waals surface area (Å²) in [5.74, 6) is 0. The second-order valence-electron chi connectivity index (χ2n) is 8.16. The Morgan fingerprint density at radius 3 is 2.81 bits per heavy atom. The predicted molar refractivity (Wildman–Crippen MR) is 137 cm³/mol. The highest BCUT2D eigenvalue weighted by molar-refractivity contribution is 5.88. The fraction of sp³-hybridized carbons (Fsp3) is 0.143. The van der Waals surface area contributed by atoms with Crippen LogP contribution < -0.4 is 16.0 Å². The van der Waals surface area contributed by atoms with Gasteiger partial charge >= 0.3 is 0 Å². The van der Waals surface area contributed by atoms with E-state index >= 15 is 0 Å². The predicted octanol–water partition coefficient (Wildman–Crippen LogP) is 5.99. The number of aromatic nitrogens is 1. The van der Waals surface area contributed by atoms with Gasteiger partial charge in [-0.3, -0.25) is 0 Å². The molecule has 4 nitrogen and oxygen atoms in total. The molecule has 1 aliphatic rings. The third-order valence-electron chi connectivity index (χ3n) is 6.18. The minimum absolute atomic E-state index is 0.782. The van der Waals surface area contributed by atoms with E-state index in [1.807, 2.05) is 30.4 Å². The maximum Gasteiger partial charge on any atom is 0.0505 e. The Labute approximate surface area is 189 Å². The number of rotatable bonds is 7. The number of fused-ring (bicyclic) bond motifs is 2. The molecule has 1 aliphatic heterocycles. The smallest absolute Gasteiger partial charge is 0.0505 e. The maximum atomic E-state index is 6.28. The van der Waals surface area contributed by atoms with Gasteiger partial charge in [-0.15, -0.1) is 0 Å². The molecule has 32 heavy (non-hydrogen) atoms. The molecule has 0 atom stereocenters. The normalized spacial score (nSPS) is 13.4. The molecule has 3 aromatic carbocycles. The summed E-state index contributed by atoms with van der Waals surface area (Å²) in [6.45, 7) is 5.74. The van der Waals surface area contributed by atoms with Crippen LogP contribution in [0, 0.1) is 0 Å². The van der Waals surface area contributed by atoms with Crippen LogP contribution in [0.25, 0.3) is 16.6 Å². The summed E-state index contributed by atoms with van der Waals surface area (Å²) < 4.78 is 0. The van der Waals surface area contributed by atoms with Crippen molar-refractivity contribution in [1.29, 1.82) is 0 Å². The van der Waals surface area contributed by atoms with E-state index in [0.717, 1.165) is 42.9 Å². The minimum Gasteiger partial charge on any atom is -0.398 e. The Bertz CT molecular complexity index is 1300. The van der Waals surface area contributed by atoms with Crippen LogP contribution in [-0.4, -0.2) is 18.1 Å². The van der Waals surface area contributed by atoms with Crippen molar-refractivity contribution in [1.82, 2.24) is 4.98 Å². The van der Waals surface area contributed by atoms with E-state index in [-0.39, 0.29) is 0 Å². The number of allylic oxidation sites excluding steroid dienone is 2. The lowest BCUT2D eigenvalue weighted by Crippen LogP contribution is -2.19. The number of benzene rings is 3. The summed E-state index contributed by atoms with van der Waals surface area (Å²) in [5, 5.41) is 4.91. The molecule has 1 aromatic heterocycles. The number of nitrogens with one attached hydrogen (secondary N) is 2. The highest BCUT2D eigenvalue weighted by Crippen LogP contribution is 2.37. The zero-order chi connectivity index (χ0) is 21.9. The van der Waals surface area contributed by atoms with Crippen LogP contribution in [0.1, 0.15) is 16.7 Å². The zero-order valence-corrected chi connectivity index (χ0v) is 18.1. The number of hydrogen-bond donors (Lipinski definition) is 3. The fourth-order valence-electron chi connectivity index (χ4n) is 4.61. The van der Waals surface area contributed by atoms with Crippen molar-refractivity contribution in [3.05, 3.63) is 108 Å². The first-order valence-electron chi connectivity index (χ1n) is 11.1. The highest BCUT2D eigenvalue weighted by atomic mass is 15.2. The van der Waals surface area contributed by atoms with Gasteiger partial charge in [0.1, 0.15) is 0 Å². The van der Waals surface area contributed by atoms with Crippen molar-refractivity contribution in [2.24, 2.45) is 0 Å². The summed E-state index contributed by atoms with van der Waals surface area (Å²) in [7, 11) is 0. The topological polar surface area (TPSA) is 57.1 Å². The van der Waals surface area contributed by atoms with Crippen molar-refractivity contribution in [2.45, 2.75) is 12.8 Å². The quantitative estimate of drug-likeness (QED) is 0.254. The Morgan fingerprint density at radius 2 is 1.94 bits per heavy atom. The molecular weight excluding hydrogens is 392 g/mol. The van der Waals surface area contributed by atoms with Crippen LogP contribution in [0.3, 0.4) is 0 Å². The molecule has 4 heteroatoms.